The van der Waals surface area contributed by atoms with E-state index in [0.29, 0.717) is 24.6 Å². The van der Waals surface area contributed by atoms with Crippen molar-refractivity contribution in [2.45, 2.75) is 64.2 Å². The molecule has 1 aliphatic rings. The van der Waals surface area contributed by atoms with Crippen LogP contribution in [-0.2, 0) is 16.0 Å². The van der Waals surface area contributed by atoms with Gasteiger partial charge in [0, 0.05) is 19.0 Å². The first-order chi connectivity index (χ1) is 16.3. The van der Waals surface area contributed by atoms with Crippen molar-refractivity contribution in [1.82, 2.24) is 4.90 Å². The molecule has 0 amide bonds. The number of carboxylic acid groups (broad SMARTS) is 1. The van der Waals surface area contributed by atoms with Crippen LogP contribution in [0.2, 0.25) is 0 Å². The molecule has 0 aromatic heterocycles. The van der Waals surface area contributed by atoms with Crippen molar-refractivity contribution in [2.75, 3.05) is 19.7 Å². The lowest BCUT2D eigenvalue weighted by Gasteiger charge is -2.27. The monoisotopic (exact) mass is 469 g/mol. The summed E-state index contributed by atoms with van der Waals surface area (Å²) in [4.78, 5) is 13.0. The summed E-state index contributed by atoms with van der Waals surface area (Å²) in [6.07, 6.45) is 6.45. The van der Waals surface area contributed by atoms with Gasteiger partial charge in [-0.1, -0.05) is 48.6 Å². The fourth-order valence-corrected chi connectivity index (χ4v) is 4.52. The van der Waals surface area contributed by atoms with Crippen LogP contribution in [0.5, 0.6) is 0 Å². The van der Waals surface area contributed by atoms with Crippen LogP contribution < -0.4 is 0 Å². The largest absolute Gasteiger partial charge is 0.481 e. The first-order valence-corrected chi connectivity index (χ1v) is 12.1. The molecule has 1 saturated heterocycles. The van der Waals surface area contributed by atoms with Crippen LogP contribution >= 0.6 is 0 Å². The van der Waals surface area contributed by atoms with Crippen LogP contribution in [0.15, 0.2) is 48.5 Å². The number of likely N-dealkylation sites (tertiary alicyclic amines) is 1. The van der Waals surface area contributed by atoms with Crippen molar-refractivity contribution in [2.24, 2.45) is 0 Å². The molecule has 184 valence electrons. The van der Waals surface area contributed by atoms with Crippen molar-refractivity contribution >= 4 is 12.0 Å². The Labute approximate surface area is 201 Å². The smallest absolute Gasteiger partial charge is 0.303 e. The van der Waals surface area contributed by atoms with Crippen molar-refractivity contribution in [1.29, 1.82) is 0 Å². The Morgan fingerprint density at radius 2 is 2.09 bits per heavy atom. The predicted octanol–water partition coefficient (Wildman–Crippen LogP) is 5.16. The number of aliphatic carboxylic acids is 1. The summed E-state index contributed by atoms with van der Waals surface area (Å²) in [6, 6.07) is 13.6. The van der Waals surface area contributed by atoms with Gasteiger partial charge in [-0.2, -0.15) is 0 Å². The molecule has 0 unspecified atom stereocenters. The number of carbonyl (C=O) groups is 1. The van der Waals surface area contributed by atoms with E-state index in [1.54, 1.807) is 13.0 Å². The summed E-state index contributed by atoms with van der Waals surface area (Å²) in [5, 5.41) is 19.5. The zero-order valence-corrected chi connectivity index (χ0v) is 20.1. The summed E-state index contributed by atoms with van der Waals surface area (Å²) in [6.45, 7) is 5.41. The molecule has 34 heavy (non-hydrogen) atoms. The molecule has 3 rings (SSSR count). The number of aliphatic hydroxyl groups excluding tert-OH is 1. The molecular formula is C28H36FNO4. The number of halogens is 1. The van der Waals surface area contributed by atoms with E-state index in [4.69, 9.17) is 9.84 Å². The highest BCUT2D eigenvalue weighted by Gasteiger charge is 2.27. The predicted molar refractivity (Wildman–Crippen MR) is 132 cm³/mol. The van der Waals surface area contributed by atoms with Gasteiger partial charge >= 0.3 is 5.97 Å². The van der Waals surface area contributed by atoms with Crippen LogP contribution in [-0.4, -0.2) is 52.9 Å². The minimum atomic E-state index is -0.810. The summed E-state index contributed by atoms with van der Waals surface area (Å²) >= 11 is 0. The number of aliphatic hydroxyl groups is 1. The SMILES string of the molecule is Cc1ccc(C[C@@H]2CCCN2C[C@H](O)CO[C@H](C)c2ccccc2/C=C/CCC(=O)O)cc1F. The van der Waals surface area contributed by atoms with E-state index in [1.807, 2.05) is 55.5 Å². The van der Waals surface area contributed by atoms with Crippen molar-refractivity contribution in [3.63, 3.8) is 0 Å². The summed E-state index contributed by atoms with van der Waals surface area (Å²) < 4.78 is 19.9. The van der Waals surface area contributed by atoms with Gasteiger partial charge in [-0.05, 0) is 74.4 Å². The molecule has 0 radical (unpaired) electrons. The minimum Gasteiger partial charge on any atom is -0.481 e. The Kier molecular flexibility index (Phi) is 9.81. The third kappa shape index (κ3) is 7.76. The van der Waals surface area contributed by atoms with E-state index in [1.165, 1.54) is 0 Å². The van der Waals surface area contributed by atoms with Gasteiger partial charge in [0.2, 0.25) is 0 Å². The maximum Gasteiger partial charge on any atom is 0.303 e. The Morgan fingerprint density at radius 1 is 1.29 bits per heavy atom. The molecule has 5 nitrogen and oxygen atoms in total. The lowest BCUT2D eigenvalue weighted by molar-refractivity contribution is -0.136. The number of ether oxygens (including phenoxy) is 1. The van der Waals surface area contributed by atoms with Crippen molar-refractivity contribution < 1.29 is 24.1 Å². The lowest BCUT2D eigenvalue weighted by Crippen LogP contribution is -2.39. The Bertz CT molecular complexity index is 977. The number of aryl methyl sites for hydroxylation is 1. The number of hydrogen-bond donors (Lipinski definition) is 2. The second kappa shape index (κ2) is 12.8. The molecule has 0 bridgehead atoms. The van der Waals surface area contributed by atoms with E-state index in [2.05, 4.69) is 4.90 Å². The Hall–Kier alpha value is -2.54. The molecule has 0 spiro atoms. The minimum absolute atomic E-state index is 0.104. The highest BCUT2D eigenvalue weighted by Crippen LogP contribution is 2.25. The molecule has 2 aromatic rings. The number of β-amino-alcohol motifs (C(OH)–C–C–N with tert-alkyl or cyclic N) is 1. The van der Waals surface area contributed by atoms with Gasteiger partial charge in [-0.25, -0.2) is 4.39 Å². The maximum absolute atomic E-state index is 13.9. The first kappa shape index (κ1) is 26.1. The van der Waals surface area contributed by atoms with Gasteiger partial charge in [0.05, 0.1) is 18.8 Å². The molecule has 2 N–H and O–H groups in total. The van der Waals surface area contributed by atoms with Gasteiger partial charge in [0.25, 0.3) is 0 Å². The Balaban J connectivity index is 1.51. The average Bonchev–Trinajstić information content (AvgIpc) is 3.24. The van der Waals surface area contributed by atoms with E-state index in [-0.39, 0.29) is 24.9 Å². The highest BCUT2D eigenvalue weighted by atomic mass is 19.1. The molecule has 1 aliphatic heterocycles. The fourth-order valence-electron chi connectivity index (χ4n) is 4.52. The molecule has 0 aliphatic carbocycles. The topological polar surface area (TPSA) is 70.0 Å². The second-order valence-corrected chi connectivity index (χ2v) is 9.17. The van der Waals surface area contributed by atoms with E-state index in [0.717, 1.165) is 42.5 Å². The Morgan fingerprint density at radius 3 is 2.85 bits per heavy atom. The van der Waals surface area contributed by atoms with E-state index >= 15 is 0 Å². The van der Waals surface area contributed by atoms with Crippen LogP contribution in [0.25, 0.3) is 6.08 Å². The second-order valence-electron chi connectivity index (χ2n) is 9.17. The third-order valence-electron chi connectivity index (χ3n) is 6.45. The normalized spacial score (nSPS) is 18.4. The van der Waals surface area contributed by atoms with Crippen molar-refractivity contribution in [3.05, 3.63) is 76.6 Å². The van der Waals surface area contributed by atoms with Gasteiger partial charge in [-0.15, -0.1) is 0 Å². The van der Waals surface area contributed by atoms with E-state index < -0.39 is 12.1 Å². The number of hydrogen-bond acceptors (Lipinski definition) is 4. The zero-order valence-electron chi connectivity index (χ0n) is 20.1. The number of carboxylic acids is 1. The standard InChI is InChI=1S/C28H36FNO4/c1-20-13-14-22(17-27(20)29)16-24-10-7-15-30(24)18-25(31)19-34-21(2)26-11-5-3-8-23(26)9-4-6-12-28(32)33/h3-5,8-9,11,13-14,17,21,24-25,31H,6-7,10,12,15-16,18-19H2,1-2H3,(H,32,33)/b9-4+/t21-,24+,25+/m1/s1. The molecule has 6 heteroatoms. The van der Waals surface area contributed by atoms with Crippen molar-refractivity contribution in [3.8, 4) is 0 Å². The fraction of sp³-hybridized carbons (Fsp3) is 0.464. The summed E-state index contributed by atoms with van der Waals surface area (Å²) in [7, 11) is 0. The average molecular weight is 470 g/mol. The number of nitrogens with zero attached hydrogens (tertiary/aromatic N) is 1. The molecule has 1 fully saturated rings. The number of benzene rings is 2. The quantitative estimate of drug-likeness (QED) is 0.450. The first-order valence-electron chi connectivity index (χ1n) is 12.1. The summed E-state index contributed by atoms with van der Waals surface area (Å²) in [5.74, 6) is -0.976. The molecule has 3 atom stereocenters. The van der Waals surface area contributed by atoms with Crippen LogP contribution in [0.3, 0.4) is 0 Å². The number of rotatable bonds is 12. The summed E-state index contributed by atoms with van der Waals surface area (Å²) in [5.41, 5.74) is 3.64. The molecular weight excluding hydrogens is 433 g/mol. The van der Waals surface area contributed by atoms with E-state index in [9.17, 15) is 14.3 Å². The van der Waals surface area contributed by atoms with Gasteiger partial charge in [-0.3, -0.25) is 9.69 Å². The van der Waals surface area contributed by atoms with Crippen LogP contribution in [0.1, 0.15) is 61.0 Å². The number of allylic oxidation sites excluding steroid dienone is 1. The molecule has 2 aromatic carbocycles. The van der Waals surface area contributed by atoms with Gasteiger partial charge in [0.15, 0.2) is 0 Å². The van der Waals surface area contributed by atoms with Gasteiger partial charge in [0.1, 0.15) is 5.82 Å². The third-order valence-corrected chi connectivity index (χ3v) is 6.45. The van der Waals surface area contributed by atoms with Gasteiger partial charge < -0.3 is 14.9 Å². The lowest BCUT2D eigenvalue weighted by atomic mass is 10.0. The maximum atomic E-state index is 13.9. The van der Waals surface area contributed by atoms with Crippen LogP contribution in [0, 0.1) is 12.7 Å². The molecule has 0 saturated carbocycles. The van der Waals surface area contributed by atoms with Crippen LogP contribution in [0.4, 0.5) is 4.39 Å². The zero-order chi connectivity index (χ0) is 24.5. The molecule has 1 heterocycles. The highest BCUT2D eigenvalue weighted by molar-refractivity contribution is 5.67.